The van der Waals surface area contributed by atoms with Crippen LogP contribution in [0.4, 0.5) is 0 Å². The normalized spacial score (nSPS) is 12.6. The van der Waals surface area contributed by atoms with Crippen molar-refractivity contribution in [3.63, 3.8) is 0 Å². The van der Waals surface area contributed by atoms with E-state index >= 15 is 0 Å². The molecule has 0 fully saturated rings. The maximum absolute atomic E-state index is 9.23. The van der Waals surface area contributed by atoms with Crippen molar-refractivity contribution >= 4 is 0 Å². The molecule has 1 rings (SSSR count). The maximum Gasteiger partial charge on any atom is 0.122 e. The molecular formula is C11H17NO2. The topological polar surface area (TPSA) is 55.5 Å². The summed E-state index contributed by atoms with van der Waals surface area (Å²) in [6.45, 7) is 4.46. The van der Waals surface area contributed by atoms with Crippen LogP contribution in [0.1, 0.15) is 11.1 Å². The van der Waals surface area contributed by atoms with Crippen LogP contribution >= 0.6 is 0 Å². The van der Waals surface area contributed by atoms with E-state index in [0.717, 1.165) is 16.9 Å². The van der Waals surface area contributed by atoms with Crippen LogP contribution in [0.15, 0.2) is 18.2 Å². The van der Waals surface area contributed by atoms with Gasteiger partial charge in [-0.2, -0.15) is 0 Å². The monoisotopic (exact) mass is 195 g/mol. The molecule has 14 heavy (non-hydrogen) atoms. The zero-order valence-corrected chi connectivity index (χ0v) is 8.66. The predicted molar refractivity (Wildman–Crippen MR) is 56.5 cm³/mol. The van der Waals surface area contributed by atoms with E-state index < -0.39 is 6.10 Å². The molecule has 0 aliphatic heterocycles. The van der Waals surface area contributed by atoms with Crippen LogP contribution in [0.3, 0.4) is 0 Å². The molecule has 78 valence electrons. The van der Waals surface area contributed by atoms with Gasteiger partial charge in [-0.05, 0) is 31.0 Å². The standard InChI is InChI=1S/C11H17NO2/c1-8-3-4-9(2)11(5-8)14-7-10(13)6-12/h3-5,10,13H,6-7,12H2,1-2H3/t10-/m1/s1. The van der Waals surface area contributed by atoms with E-state index in [0.29, 0.717) is 0 Å². The van der Waals surface area contributed by atoms with Crippen LogP contribution in [-0.4, -0.2) is 24.4 Å². The molecule has 0 heterocycles. The largest absolute Gasteiger partial charge is 0.491 e. The predicted octanol–water partition coefficient (Wildman–Crippen LogP) is 1.00. The van der Waals surface area contributed by atoms with E-state index in [1.807, 2.05) is 32.0 Å². The van der Waals surface area contributed by atoms with Crippen molar-refractivity contribution in [2.24, 2.45) is 5.73 Å². The minimum Gasteiger partial charge on any atom is -0.491 e. The van der Waals surface area contributed by atoms with Crippen LogP contribution in [-0.2, 0) is 0 Å². The Kier molecular flexibility index (Phi) is 3.92. The van der Waals surface area contributed by atoms with E-state index in [4.69, 9.17) is 10.5 Å². The van der Waals surface area contributed by atoms with Gasteiger partial charge in [-0.25, -0.2) is 0 Å². The van der Waals surface area contributed by atoms with Gasteiger partial charge in [0.2, 0.25) is 0 Å². The van der Waals surface area contributed by atoms with Crippen molar-refractivity contribution in [1.29, 1.82) is 0 Å². The molecule has 0 spiro atoms. The lowest BCUT2D eigenvalue weighted by atomic mass is 10.1. The highest BCUT2D eigenvalue weighted by Gasteiger charge is 2.04. The van der Waals surface area contributed by atoms with Crippen LogP contribution in [0, 0.1) is 13.8 Å². The third-order valence-electron chi connectivity index (χ3n) is 2.05. The minimum absolute atomic E-state index is 0.227. The van der Waals surface area contributed by atoms with Crippen LogP contribution < -0.4 is 10.5 Å². The second kappa shape index (κ2) is 4.98. The first-order valence-corrected chi connectivity index (χ1v) is 4.71. The maximum atomic E-state index is 9.23. The summed E-state index contributed by atoms with van der Waals surface area (Å²) in [6, 6.07) is 5.99. The van der Waals surface area contributed by atoms with Crippen LogP contribution in [0.25, 0.3) is 0 Å². The fourth-order valence-corrected chi connectivity index (χ4v) is 1.12. The molecule has 0 amide bonds. The van der Waals surface area contributed by atoms with E-state index in [-0.39, 0.29) is 13.2 Å². The van der Waals surface area contributed by atoms with Gasteiger partial charge < -0.3 is 15.6 Å². The Labute approximate surface area is 84.5 Å². The molecule has 0 aliphatic rings. The summed E-state index contributed by atoms with van der Waals surface area (Å²) in [4.78, 5) is 0. The lowest BCUT2D eigenvalue weighted by molar-refractivity contribution is 0.114. The number of nitrogens with two attached hydrogens (primary N) is 1. The third-order valence-corrected chi connectivity index (χ3v) is 2.05. The highest BCUT2D eigenvalue weighted by molar-refractivity contribution is 5.35. The van der Waals surface area contributed by atoms with Gasteiger partial charge >= 0.3 is 0 Å². The Hall–Kier alpha value is -1.06. The first-order valence-electron chi connectivity index (χ1n) is 4.71. The van der Waals surface area contributed by atoms with E-state index in [9.17, 15) is 5.11 Å². The molecule has 0 unspecified atom stereocenters. The van der Waals surface area contributed by atoms with Gasteiger partial charge in [-0.1, -0.05) is 12.1 Å². The van der Waals surface area contributed by atoms with Gasteiger partial charge in [0.25, 0.3) is 0 Å². The number of aliphatic hydroxyl groups is 1. The van der Waals surface area contributed by atoms with Gasteiger partial charge in [0, 0.05) is 6.54 Å². The van der Waals surface area contributed by atoms with Crippen LogP contribution in [0.5, 0.6) is 5.75 Å². The fraction of sp³-hybridized carbons (Fsp3) is 0.455. The summed E-state index contributed by atoms with van der Waals surface area (Å²) in [5.74, 6) is 0.817. The zero-order chi connectivity index (χ0) is 10.6. The smallest absolute Gasteiger partial charge is 0.122 e. The molecule has 3 nitrogen and oxygen atoms in total. The summed E-state index contributed by atoms with van der Waals surface area (Å²) >= 11 is 0. The summed E-state index contributed by atoms with van der Waals surface area (Å²) < 4.78 is 5.44. The summed E-state index contributed by atoms with van der Waals surface area (Å²) in [5.41, 5.74) is 7.49. The number of hydrogen-bond acceptors (Lipinski definition) is 3. The Balaban J connectivity index is 2.62. The van der Waals surface area contributed by atoms with Gasteiger partial charge in [0.15, 0.2) is 0 Å². The van der Waals surface area contributed by atoms with Gasteiger partial charge in [-0.3, -0.25) is 0 Å². The summed E-state index contributed by atoms with van der Waals surface area (Å²) in [6.07, 6.45) is -0.588. The SMILES string of the molecule is Cc1ccc(C)c(OC[C@H](O)CN)c1. The Morgan fingerprint density at radius 1 is 1.43 bits per heavy atom. The molecule has 0 aliphatic carbocycles. The Morgan fingerprint density at radius 3 is 2.79 bits per heavy atom. The third kappa shape index (κ3) is 3.01. The molecular weight excluding hydrogens is 178 g/mol. The highest BCUT2D eigenvalue weighted by atomic mass is 16.5. The van der Waals surface area contributed by atoms with Crippen molar-refractivity contribution < 1.29 is 9.84 Å². The van der Waals surface area contributed by atoms with E-state index in [1.54, 1.807) is 0 Å². The average molecular weight is 195 g/mol. The van der Waals surface area contributed by atoms with Crippen molar-refractivity contribution in [2.75, 3.05) is 13.2 Å². The number of benzene rings is 1. The second-order valence-corrected chi connectivity index (χ2v) is 3.47. The van der Waals surface area contributed by atoms with Gasteiger partial charge in [-0.15, -0.1) is 0 Å². The number of ether oxygens (including phenoxy) is 1. The van der Waals surface area contributed by atoms with E-state index in [2.05, 4.69) is 0 Å². The molecule has 1 aromatic rings. The van der Waals surface area contributed by atoms with Crippen molar-refractivity contribution in [2.45, 2.75) is 20.0 Å². The molecule has 0 saturated carbocycles. The second-order valence-electron chi connectivity index (χ2n) is 3.47. The number of hydrogen-bond donors (Lipinski definition) is 2. The molecule has 1 aromatic carbocycles. The molecule has 0 saturated heterocycles. The van der Waals surface area contributed by atoms with Crippen molar-refractivity contribution in [1.82, 2.24) is 0 Å². The zero-order valence-electron chi connectivity index (χ0n) is 8.66. The molecule has 0 bridgehead atoms. The Bertz CT molecular complexity index is 299. The van der Waals surface area contributed by atoms with Crippen molar-refractivity contribution in [3.05, 3.63) is 29.3 Å². The summed E-state index contributed by atoms with van der Waals surface area (Å²) in [5, 5.41) is 9.23. The number of aliphatic hydroxyl groups excluding tert-OH is 1. The highest BCUT2D eigenvalue weighted by Crippen LogP contribution is 2.18. The van der Waals surface area contributed by atoms with Gasteiger partial charge in [0.1, 0.15) is 18.5 Å². The molecule has 3 N–H and O–H groups in total. The first-order chi connectivity index (χ1) is 6.63. The lowest BCUT2D eigenvalue weighted by Crippen LogP contribution is -2.26. The fourth-order valence-electron chi connectivity index (χ4n) is 1.12. The molecule has 0 radical (unpaired) electrons. The average Bonchev–Trinajstić information content (AvgIpc) is 2.19. The molecule has 0 aromatic heterocycles. The summed E-state index contributed by atoms with van der Waals surface area (Å²) in [7, 11) is 0. The number of rotatable bonds is 4. The van der Waals surface area contributed by atoms with Crippen LogP contribution in [0.2, 0.25) is 0 Å². The lowest BCUT2D eigenvalue weighted by Gasteiger charge is -2.12. The number of aryl methyl sites for hydroxylation is 2. The Morgan fingerprint density at radius 2 is 2.14 bits per heavy atom. The molecule has 1 atom stereocenters. The van der Waals surface area contributed by atoms with Crippen molar-refractivity contribution in [3.8, 4) is 5.75 Å². The van der Waals surface area contributed by atoms with Gasteiger partial charge in [0.05, 0.1) is 0 Å². The first kappa shape index (κ1) is 11.0. The minimum atomic E-state index is -0.588. The quantitative estimate of drug-likeness (QED) is 0.753. The van der Waals surface area contributed by atoms with E-state index in [1.165, 1.54) is 0 Å². The molecule has 3 heteroatoms.